The molecule has 74 valence electrons. The molecule has 0 atom stereocenters. The van der Waals surface area contributed by atoms with E-state index < -0.39 is 0 Å². The molecular formula is C8H9BrN4O. The normalized spacial score (nSPS) is 10.4. The molecule has 0 saturated heterocycles. The van der Waals surface area contributed by atoms with Crippen molar-refractivity contribution >= 4 is 28.1 Å². The van der Waals surface area contributed by atoms with Gasteiger partial charge in [0, 0.05) is 10.0 Å². The number of halogens is 1. The van der Waals surface area contributed by atoms with Crippen LogP contribution in [-0.4, -0.2) is 17.3 Å². The highest BCUT2D eigenvalue weighted by Crippen LogP contribution is 2.19. The van der Waals surface area contributed by atoms with E-state index in [-0.39, 0.29) is 11.7 Å². The van der Waals surface area contributed by atoms with Gasteiger partial charge in [0.25, 0.3) is 0 Å². The zero-order valence-electron chi connectivity index (χ0n) is 7.18. The molecular weight excluding hydrogens is 248 g/mol. The van der Waals surface area contributed by atoms with Gasteiger partial charge in [-0.15, -0.1) is 5.10 Å². The molecule has 0 fully saturated rings. The first kappa shape index (κ1) is 10.5. The molecule has 0 saturated carbocycles. The summed E-state index contributed by atoms with van der Waals surface area (Å²) in [5.74, 6) is 0.0388. The van der Waals surface area contributed by atoms with E-state index in [1.54, 1.807) is 12.1 Å². The van der Waals surface area contributed by atoms with Crippen LogP contribution in [0.5, 0.6) is 5.75 Å². The van der Waals surface area contributed by atoms with E-state index in [1.165, 1.54) is 12.3 Å². The van der Waals surface area contributed by atoms with Gasteiger partial charge >= 0.3 is 0 Å². The predicted molar refractivity (Wildman–Crippen MR) is 59.2 cm³/mol. The lowest BCUT2D eigenvalue weighted by Crippen LogP contribution is -2.21. The highest BCUT2D eigenvalue weighted by Gasteiger charge is 1.97. The second kappa shape index (κ2) is 4.61. The number of phenols is 1. The Kier molecular flexibility index (Phi) is 3.47. The third-order valence-electron chi connectivity index (χ3n) is 1.35. The Balaban J connectivity index is 2.91. The Hall–Kier alpha value is -1.56. The predicted octanol–water partition coefficient (Wildman–Crippen LogP) is 0.762. The number of hydrogen-bond donors (Lipinski definition) is 3. The summed E-state index contributed by atoms with van der Waals surface area (Å²) in [6, 6.07) is 4.80. The Morgan fingerprint density at radius 1 is 1.43 bits per heavy atom. The standard InChI is InChI=1S/C8H9BrN4O/c9-7-2-1-6(14)3-5(7)4-12-13-8(10)11/h1-4,14H,(H4,10,11,13). The smallest absolute Gasteiger partial charge is 0.211 e. The Bertz CT molecular complexity index is 385. The molecule has 0 aliphatic rings. The van der Waals surface area contributed by atoms with Gasteiger partial charge in [0.1, 0.15) is 5.75 Å². The van der Waals surface area contributed by atoms with Crippen molar-refractivity contribution in [3.8, 4) is 5.75 Å². The molecule has 5 N–H and O–H groups in total. The number of rotatable bonds is 2. The van der Waals surface area contributed by atoms with Crippen LogP contribution in [0, 0.1) is 0 Å². The summed E-state index contributed by atoms with van der Waals surface area (Å²) >= 11 is 3.28. The second-order valence-electron chi connectivity index (χ2n) is 2.48. The highest BCUT2D eigenvalue weighted by atomic mass is 79.9. The lowest BCUT2D eigenvalue weighted by atomic mass is 10.2. The highest BCUT2D eigenvalue weighted by molar-refractivity contribution is 9.10. The van der Waals surface area contributed by atoms with Crippen LogP contribution in [0.15, 0.2) is 32.9 Å². The SMILES string of the molecule is NC(N)=NN=Cc1cc(O)ccc1Br. The Morgan fingerprint density at radius 2 is 2.14 bits per heavy atom. The van der Waals surface area contributed by atoms with E-state index in [0.29, 0.717) is 5.56 Å². The average Bonchev–Trinajstić information content (AvgIpc) is 2.10. The van der Waals surface area contributed by atoms with Gasteiger partial charge in [-0.2, -0.15) is 5.10 Å². The molecule has 0 aromatic heterocycles. The summed E-state index contributed by atoms with van der Waals surface area (Å²) in [7, 11) is 0. The molecule has 0 bridgehead atoms. The van der Waals surface area contributed by atoms with Crippen LogP contribution in [0.4, 0.5) is 0 Å². The molecule has 1 rings (SSSR count). The Labute approximate surface area is 89.3 Å². The summed E-state index contributed by atoms with van der Waals surface area (Å²) in [6.07, 6.45) is 1.43. The summed E-state index contributed by atoms with van der Waals surface area (Å²) in [6.45, 7) is 0. The van der Waals surface area contributed by atoms with Crippen LogP contribution in [0.2, 0.25) is 0 Å². The van der Waals surface area contributed by atoms with E-state index in [9.17, 15) is 5.11 Å². The maximum Gasteiger partial charge on any atom is 0.211 e. The van der Waals surface area contributed by atoms with Crippen molar-refractivity contribution in [2.75, 3.05) is 0 Å². The summed E-state index contributed by atoms with van der Waals surface area (Å²) in [4.78, 5) is 0. The number of phenolic OH excluding ortho intramolecular Hbond substituents is 1. The van der Waals surface area contributed by atoms with Gasteiger partial charge in [0.15, 0.2) is 0 Å². The van der Waals surface area contributed by atoms with Crippen molar-refractivity contribution in [1.29, 1.82) is 0 Å². The molecule has 14 heavy (non-hydrogen) atoms. The molecule has 1 aromatic carbocycles. The van der Waals surface area contributed by atoms with Gasteiger partial charge in [-0.05, 0) is 18.2 Å². The molecule has 0 unspecified atom stereocenters. The molecule has 0 amide bonds. The zero-order chi connectivity index (χ0) is 10.6. The lowest BCUT2D eigenvalue weighted by molar-refractivity contribution is 0.475. The van der Waals surface area contributed by atoms with Gasteiger partial charge in [0.05, 0.1) is 6.21 Å². The van der Waals surface area contributed by atoms with Gasteiger partial charge in [-0.25, -0.2) is 0 Å². The van der Waals surface area contributed by atoms with E-state index in [2.05, 4.69) is 26.1 Å². The number of hydrogen-bond acceptors (Lipinski definition) is 3. The van der Waals surface area contributed by atoms with Crippen LogP contribution in [0.1, 0.15) is 5.56 Å². The minimum absolute atomic E-state index is 0.113. The Morgan fingerprint density at radius 3 is 2.79 bits per heavy atom. The van der Waals surface area contributed by atoms with Gasteiger partial charge in [-0.1, -0.05) is 15.9 Å². The molecule has 1 aromatic rings. The van der Waals surface area contributed by atoms with Crippen molar-refractivity contribution in [3.05, 3.63) is 28.2 Å². The summed E-state index contributed by atoms with van der Waals surface area (Å²) in [5.41, 5.74) is 10.8. The van der Waals surface area contributed by atoms with Crippen molar-refractivity contribution < 1.29 is 5.11 Å². The van der Waals surface area contributed by atoms with Gasteiger partial charge in [-0.3, -0.25) is 0 Å². The number of benzene rings is 1. The zero-order valence-corrected chi connectivity index (χ0v) is 8.77. The molecule has 0 aliphatic carbocycles. The fraction of sp³-hybridized carbons (Fsp3) is 0. The first-order chi connectivity index (χ1) is 6.59. The molecule has 5 nitrogen and oxygen atoms in total. The van der Waals surface area contributed by atoms with Crippen molar-refractivity contribution in [3.63, 3.8) is 0 Å². The third kappa shape index (κ3) is 3.06. The van der Waals surface area contributed by atoms with Crippen LogP contribution < -0.4 is 11.5 Å². The molecule has 0 heterocycles. The quantitative estimate of drug-likeness (QED) is 0.414. The molecule has 0 radical (unpaired) electrons. The van der Waals surface area contributed by atoms with Crippen LogP contribution >= 0.6 is 15.9 Å². The number of nitrogens with zero attached hydrogens (tertiary/aromatic N) is 2. The topological polar surface area (TPSA) is 97.0 Å². The van der Waals surface area contributed by atoms with E-state index in [0.717, 1.165) is 4.47 Å². The average molecular weight is 257 g/mol. The molecule has 0 spiro atoms. The second-order valence-corrected chi connectivity index (χ2v) is 3.33. The van der Waals surface area contributed by atoms with Crippen molar-refractivity contribution in [2.45, 2.75) is 0 Å². The monoisotopic (exact) mass is 256 g/mol. The van der Waals surface area contributed by atoms with E-state index in [4.69, 9.17) is 11.5 Å². The van der Waals surface area contributed by atoms with Crippen LogP contribution in [0.25, 0.3) is 0 Å². The maximum atomic E-state index is 9.18. The number of nitrogens with two attached hydrogens (primary N) is 2. The minimum atomic E-state index is -0.113. The molecule has 0 aliphatic heterocycles. The fourth-order valence-electron chi connectivity index (χ4n) is 0.788. The summed E-state index contributed by atoms with van der Waals surface area (Å²) < 4.78 is 0.796. The fourth-order valence-corrected chi connectivity index (χ4v) is 1.14. The van der Waals surface area contributed by atoms with Gasteiger partial charge in [0.2, 0.25) is 5.96 Å². The summed E-state index contributed by atoms with van der Waals surface area (Å²) in [5, 5.41) is 16.2. The third-order valence-corrected chi connectivity index (χ3v) is 2.07. The number of aromatic hydroxyl groups is 1. The first-order valence-electron chi connectivity index (χ1n) is 3.70. The van der Waals surface area contributed by atoms with E-state index >= 15 is 0 Å². The first-order valence-corrected chi connectivity index (χ1v) is 4.49. The number of guanidine groups is 1. The van der Waals surface area contributed by atoms with E-state index in [1.807, 2.05) is 0 Å². The van der Waals surface area contributed by atoms with Gasteiger partial charge < -0.3 is 16.6 Å². The van der Waals surface area contributed by atoms with Crippen LogP contribution in [-0.2, 0) is 0 Å². The van der Waals surface area contributed by atoms with Crippen LogP contribution in [0.3, 0.4) is 0 Å². The van der Waals surface area contributed by atoms with Crippen molar-refractivity contribution in [2.24, 2.45) is 21.7 Å². The largest absolute Gasteiger partial charge is 0.508 e. The van der Waals surface area contributed by atoms with Crippen molar-refractivity contribution in [1.82, 2.24) is 0 Å². The lowest BCUT2D eigenvalue weighted by Gasteiger charge is -1.97. The minimum Gasteiger partial charge on any atom is -0.508 e. The maximum absolute atomic E-state index is 9.18. The molecule has 6 heteroatoms.